The van der Waals surface area contributed by atoms with Crippen molar-refractivity contribution in [2.75, 3.05) is 12.4 Å². The van der Waals surface area contributed by atoms with Gasteiger partial charge in [0.15, 0.2) is 17.4 Å². The number of methoxy groups -OCH3 is 1. The number of anilines is 1. The largest absolute Gasteiger partial charge is 0.494 e. The number of amides is 1. The first-order valence-electron chi connectivity index (χ1n) is 5.60. The Kier molecular flexibility index (Phi) is 3.47. The SMILES string of the molecule is COc1cc(F)c(NC(=O)C2CC(N)C2)cc1F. The van der Waals surface area contributed by atoms with Gasteiger partial charge in [-0.3, -0.25) is 4.79 Å². The molecule has 3 N–H and O–H groups in total. The molecule has 0 saturated heterocycles. The van der Waals surface area contributed by atoms with Crippen molar-refractivity contribution in [2.24, 2.45) is 11.7 Å². The average Bonchev–Trinajstić information content (AvgIpc) is 2.29. The molecule has 0 aliphatic heterocycles. The van der Waals surface area contributed by atoms with Crippen LogP contribution in [-0.4, -0.2) is 19.1 Å². The van der Waals surface area contributed by atoms with Crippen LogP contribution in [0.4, 0.5) is 14.5 Å². The molecule has 4 nitrogen and oxygen atoms in total. The van der Waals surface area contributed by atoms with E-state index in [-0.39, 0.29) is 29.3 Å². The third kappa shape index (κ3) is 2.43. The van der Waals surface area contributed by atoms with Crippen molar-refractivity contribution in [3.8, 4) is 5.75 Å². The molecule has 1 fully saturated rings. The van der Waals surface area contributed by atoms with Gasteiger partial charge >= 0.3 is 0 Å². The zero-order valence-electron chi connectivity index (χ0n) is 9.87. The normalized spacial score (nSPS) is 22.2. The lowest BCUT2D eigenvalue weighted by Gasteiger charge is -2.31. The summed E-state index contributed by atoms with van der Waals surface area (Å²) in [4.78, 5) is 11.7. The number of carbonyl (C=O) groups excluding carboxylic acids is 1. The molecule has 0 atom stereocenters. The van der Waals surface area contributed by atoms with Crippen LogP contribution in [0.15, 0.2) is 12.1 Å². The number of hydrogen-bond acceptors (Lipinski definition) is 3. The summed E-state index contributed by atoms with van der Waals surface area (Å²) in [5, 5.41) is 2.36. The first-order valence-corrected chi connectivity index (χ1v) is 5.60. The number of carbonyl (C=O) groups is 1. The molecule has 2 rings (SSSR count). The van der Waals surface area contributed by atoms with E-state index in [1.54, 1.807) is 0 Å². The second-order valence-corrected chi connectivity index (χ2v) is 4.38. The summed E-state index contributed by atoms with van der Waals surface area (Å²) >= 11 is 0. The first kappa shape index (κ1) is 12.8. The van der Waals surface area contributed by atoms with E-state index in [2.05, 4.69) is 10.1 Å². The molecule has 0 heterocycles. The number of benzene rings is 1. The van der Waals surface area contributed by atoms with Crippen LogP contribution in [0.2, 0.25) is 0 Å². The number of hydrogen-bond donors (Lipinski definition) is 2. The Labute approximate surface area is 103 Å². The smallest absolute Gasteiger partial charge is 0.227 e. The molecule has 98 valence electrons. The fourth-order valence-corrected chi connectivity index (χ4v) is 1.89. The topological polar surface area (TPSA) is 64.3 Å². The predicted molar refractivity (Wildman–Crippen MR) is 62.2 cm³/mol. The van der Waals surface area contributed by atoms with Gasteiger partial charge in [-0.15, -0.1) is 0 Å². The Balaban J connectivity index is 2.09. The van der Waals surface area contributed by atoms with Crippen molar-refractivity contribution in [3.63, 3.8) is 0 Å². The quantitative estimate of drug-likeness (QED) is 0.864. The Bertz CT molecular complexity index is 473. The lowest BCUT2D eigenvalue weighted by atomic mass is 9.80. The highest BCUT2D eigenvalue weighted by Crippen LogP contribution is 2.29. The summed E-state index contributed by atoms with van der Waals surface area (Å²) < 4.78 is 31.6. The molecular formula is C12H14F2N2O2. The third-order valence-electron chi connectivity index (χ3n) is 3.04. The number of halogens is 2. The second kappa shape index (κ2) is 4.89. The summed E-state index contributed by atoms with van der Waals surface area (Å²) in [6.07, 6.45) is 1.15. The lowest BCUT2D eigenvalue weighted by molar-refractivity contribution is -0.122. The van der Waals surface area contributed by atoms with Gasteiger partial charge in [0.1, 0.15) is 0 Å². The van der Waals surface area contributed by atoms with Crippen LogP contribution in [0.1, 0.15) is 12.8 Å². The van der Waals surface area contributed by atoms with Gasteiger partial charge < -0.3 is 15.8 Å². The highest BCUT2D eigenvalue weighted by atomic mass is 19.1. The molecule has 0 bridgehead atoms. The molecule has 0 aromatic heterocycles. The summed E-state index contributed by atoms with van der Waals surface area (Å²) in [6.45, 7) is 0. The van der Waals surface area contributed by atoms with Crippen LogP contribution in [0.25, 0.3) is 0 Å². The molecule has 0 radical (unpaired) electrons. The third-order valence-corrected chi connectivity index (χ3v) is 3.04. The minimum Gasteiger partial charge on any atom is -0.494 e. The van der Waals surface area contributed by atoms with Gasteiger partial charge in [-0.05, 0) is 12.8 Å². The molecule has 1 aliphatic carbocycles. The number of nitrogens with two attached hydrogens (primary N) is 1. The number of rotatable bonds is 3. The number of nitrogens with one attached hydrogen (secondary N) is 1. The van der Waals surface area contributed by atoms with Crippen molar-refractivity contribution in [1.82, 2.24) is 0 Å². The minimum absolute atomic E-state index is 0.0261. The molecule has 1 amide bonds. The van der Waals surface area contributed by atoms with Crippen LogP contribution in [-0.2, 0) is 4.79 Å². The maximum atomic E-state index is 13.6. The fourth-order valence-electron chi connectivity index (χ4n) is 1.89. The van der Waals surface area contributed by atoms with Gasteiger partial charge in [0, 0.05) is 24.1 Å². The highest BCUT2D eigenvalue weighted by molar-refractivity contribution is 5.93. The molecule has 1 aromatic carbocycles. The Hall–Kier alpha value is -1.69. The van der Waals surface area contributed by atoms with Crippen molar-refractivity contribution in [1.29, 1.82) is 0 Å². The van der Waals surface area contributed by atoms with Crippen molar-refractivity contribution in [3.05, 3.63) is 23.8 Å². The van der Waals surface area contributed by atoms with Crippen LogP contribution < -0.4 is 15.8 Å². The summed E-state index contributed by atoms with van der Waals surface area (Å²) in [5.41, 5.74) is 5.38. The summed E-state index contributed by atoms with van der Waals surface area (Å²) in [5.74, 6) is -2.20. The lowest BCUT2D eigenvalue weighted by Crippen LogP contribution is -2.42. The van der Waals surface area contributed by atoms with E-state index in [4.69, 9.17) is 5.73 Å². The van der Waals surface area contributed by atoms with Gasteiger partial charge in [-0.2, -0.15) is 0 Å². The van der Waals surface area contributed by atoms with E-state index < -0.39 is 11.6 Å². The van der Waals surface area contributed by atoms with E-state index in [1.165, 1.54) is 7.11 Å². The molecule has 6 heteroatoms. The van der Waals surface area contributed by atoms with Gasteiger partial charge in [0.05, 0.1) is 12.8 Å². The van der Waals surface area contributed by atoms with E-state index >= 15 is 0 Å². The molecule has 1 saturated carbocycles. The van der Waals surface area contributed by atoms with Gasteiger partial charge in [-0.25, -0.2) is 8.78 Å². The van der Waals surface area contributed by atoms with Crippen molar-refractivity contribution < 1.29 is 18.3 Å². The summed E-state index contributed by atoms with van der Waals surface area (Å²) in [7, 11) is 1.24. The van der Waals surface area contributed by atoms with E-state index in [1.807, 2.05) is 0 Å². The molecule has 1 aromatic rings. The molecule has 18 heavy (non-hydrogen) atoms. The van der Waals surface area contributed by atoms with Crippen LogP contribution in [0.5, 0.6) is 5.75 Å². The zero-order valence-corrected chi connectivity index (χ0v) is 9.87. The molecular weight excluding hydrogens is 242 g/mol. The van der Waals surface area contributed by atoms with Gasteiger partial charge in [-0.1, -0.05) is 0 Å². The fraction of sp³-hybridized carbons (Fsp3) is 0.417. The Morgan fingerprint density at radius 1 is 1.39 bits per heavy atom. The second-order valence-electron chi connectivity index (χ2n) is 4.38. The average molecular weight is 256 g/mol. The maximum absolute atomic E-state index is 13.6. The van der Waals surface area contributed by atoms with Crippen molar-refractivity contribution >= 4 is 11.6 Å². The van der Waals surface area contributed by atoms with E-state index in [0.717, 1.165) is 12.1 Å². The van der Waals surface area contributed by atoms with Crippen LogP contribution in [0.3, 0.4) is 0 Å². The van der Waals surface area contributed by atoms with Crippen molar-refractivity contribution in [2.45, 2.75) is 18.9 Å². The summed E-state index contributed by atoms with van der Waals surface area (Å²) in [6, 6.07) is 1.83. The zero-order chi connectivity index (χ0) is 13.3. The maximum Gasteiger partial charge on any atom is 0.227 e. The van der Waals surface area contributed by atoms with E-state index in [0.29, 0.717) is 12.8 Å². The molecule has 1 aliphatic rings. The van der Waals surface area contributed by atoms with Gasteiger partial charge in [0.25, 0.3) is 0 Å². The van der Waals surface area contributed by atoms with Crippen LogP contribution in [0, 0.1) is 17.6 Å². The standard InChI is InChI=1S/C12H14F2N2O2/c1-18-11-5-8(13)10(4-9(11)14)16-12(17)6-2-7(15)3-6/h4-7H,2-3,15H2,1H3,(H,16,17). The predicted octanol–water partition coefficient (Wildman–Crippen LogP) is 1.65. The number of ether oxygens (including phenoxy) is 1. The molecule has 0 unspecified atom stereocenters. The Morgan fingerprint density at radius 2 is 2.06 bits per heavy atom. The molecule has 0 spiro atoms. The highest BCUT2D eigenvalue weighted by Gasteiger charge is 2.32. The first-order chi connectivity index (χ1) is 8.51. The van der Waals surface area contributed by atoms with E-state index in [9.17, 15) is 13.6 Å². The monoisotopic (exact) mass is 256 g/mol. The van der Waals surface area contributed by atoms with Gasteiger partial charge in [0.2, 0.25) is 5.91 Å². The van der Waals surface area contributed by atoms with Crippen LogP contribution >= 0.6 is 0 Å². The minimum atomic E-state index is -0.731. The Morgan fingerprint density at radius 3 is 2.61 bits per heavy atom.